The van der Waals surface area contributed by atoms with E-state index in [0.29, 0.717) is 30.4 Å². The van der Waals surface area contributed by atoms with Crippen molar-refractivity contribution in [2.75, 3.05) is 32.0 Å². The number of imidazole rings is 1. The number of nitrogens with two attached hydrogens (primary N) is 2. The van der Waals surface area contributed by atoms with Gasteiger partial charge in [0.25, 0.3) is 0 Å². The van der Waals surface area contributed by atoms with E-state index in [1.165, 1.54) is 0 Å². The highest BCUT2D eigenvalue weighted by Crippen LogP contribution is 2.29. The summed E-state index contributed by atoms with van der Waals surface area (Å²) in [6.45, 7) is 5.21. The zero-order chi connectivity index (χ0) is 15.7. The quantitative estimate of drug-likeness (QED) is 0.560. The number of rotatable bonds is 4. The van der Waals surface area contributed by atoms with Gasteiger partial charge in [-0.3, -0.25) is 14.9 Å². The van der Waals surface area contributed by atoms with Crippen molar-refractivity contribution in [3.8, 4) is 0 Å². The van der Waals surface area contributed by atoms with Crippen molar-refractivity contribution in [3.05, 3.63) is 17.8 Å². The minimum absolute atomic E-state index is 0.00891. The molecule has 0 radical (unpaired) electrons. The standard InChI is InChI=1S/C14H21N7O/c1-2-10(20-5-7-22-8-6-20)21-11-9(12(15)16)3-4-18-13(11)19-14(21)17/h3-4,10H,2,5-8H2,1H3,(H3,15,16)(H2,17,18,19). The molecule has 0 saturated carbocycles. The molecule has 3 heterocycles. The molecule has 0 aliphatic carbocycles. The minimum Gasteiger partial charge on any atom is -0.384 e. The monoisotopic (exact) mass is 303 g/mol. The van der Waals surface area contributed by atoms with E-state index in [1.54, 1.807) is 12.3 Å². The van der Waals surface area contributed by atoms with E-state index in [2.05, 4.69) is 21.8 Å². The molecule has 0 spiro atoms. The molecule has 0 bridgehead atoms. The fourth-order valence-corrected chi connectivity index (χ4v) is 3.04. The third kappa shape index (κ3) is 2.40. The summed E-state index contributed by atoms with van der Waals surface area (Å²) in [4.78, 5) is 10.9. The SMILES string of the molecule is CCC(N1CCOCC1)n1c(N)nc2nccc(C(=N)N)c21. The van der Waals surface area contributed by atoms with E-state index in [9.17, 15) is 0 Å². The van der Waals surface area contributed by atoms with Crippen LogP contribution in [0.5, 0.6) is 0 Å². The summed E-state index contributed by atoms with van der Waals surface area (Å²) in [6.07, 6.45) is 2.52. The molecule has 2 aromatic rings. The average molecular weight is 303 g/mol. The van der Waals surface area contributed by atoms with Crippen molar-refractivity contribution in [3.63, 3.8) is 0 Å². The Morgan fingerprint density at radius 1 is 1.45 bits per heavy atom. The zero-order valence-electron chi connectivity index (χ0n) is 12.6. The van der Waals surface area contributed by atoms with Gasteiger partial charge < -0.3 is 16.2 Å². The van der Waals surface area contributed by atoms with E-state index in [-0.39, 0.29) is 12.0 Å². The summed E-state index contributed by atoms with van der Waals surface area (Å²) < 4.78 is 7.38. The molecule has 118 valence electrons. The fourth-order valence-electron chi connectivity index (χ4n) is 3.04. The van der Waals surface area contributed by atoms with Crippen LogP contribution >= 0.6 is 0 Å². The molecule has 1 atom stereocenters. The summed E-state index contributed by atoms with van der Waals surface area (Å²) in [6, 6.07) is 1.73. The molecule has 8 heteroatoms. The molecule has 1 aliphatic rings. The van der Waals surface area contributed by atoms with Crippen LogP contribution in [0.3, 0.4) is 0 Å². The number of aromatic nitrogens is 3. The lowest BCUT2D eigenvalue weighted by Crippen LogP contribution is -2.41. The highest BCUT2D eigenvalue weighted by atomic mass is 16.5. The maximum absolute atomic E-state index is 7.80. The zero-order valence-corrected chi connectivity index (χ0v) is 12.6. The minimum atomic E-state index is -0.00891. The van der Waals surface area contributed by atoms with Gasteiger partial charge in [0.05, 0.1) is 19.4 Å². The number of fused-ring (bicyclic) bond motifs is 1. The number of pyridine rings is 1. The average Bonchev–Trinajstić information content (AvgIpc) is 2.85. The first-order valence-electron chi connectivity index (χ1n) is 7.42. The number of anilines is 1. The van der Waals surface area contributed by atoms with Gasteiger partial charge in [-0.15, -0.1) is 0 Å². The van der Waals surface area contributed by atoms with E-state index < -0.39 is 0 Å². The Hall–Kier alpha value is -2.19. The predicted octanol–water partition coefficient (Wildman–Crippen LogP) is 0.538. The Balaban J connectivity index is 2.15. The van der Waals surface area contributed by atoms with Crippen LogP contribution in [-0.4, -0.2) is 51.6 Å². The number of nitrogen functional groups attached to an aromatic ring is 2. The van der Waals surface area contributed by atoms with Crippen LogP contribution in [0.25, 0.3) is 11.2 Å². The maximum Gasteiger partial charge on any atom is 0.204 e. The van der Waals surface area contributed by atoms with Crippen molar-refractivity contribution in [2.24, 2.45) is 5.73 Å². The molecule has 0 amide bonds. The number of hydrogen-bond acceptors (Lipinski definition) is 6. The normalized spacial score (nSPS) is 17.7. The molecule has 22 heavy (non-hydrogen) atoms. The first-order chi connectivity index (χ1) is 10.6. The molecule has 1 aliphatic heterocycles. The van der Waals surface area contributed by atoms with Crippen LogP contribution in [-0.2, 0) is 4.74 Å². The third-order valence-electron chi connectivity index (χ3n) is 4.03. The molecule has 1 fully saturated rings. The predicted molar refractivity (Wildman–Crippen MR) is 84.7 cm³/mol. The molecular weight excluding hydrogens is 282 g/mol. The second kappa shape index (κ2) is 5.90. The van der Waals surface area contributed by atoms with Crippen molar-refractivity contribution in [1.82, 2.24) is 19.4 Å². The molecule has 1 unspecified atom stereocenters. The van der Waals surface area contributed by atoms with Gasteiger partial charge in [0.2, 0.25) is 5.95 Å². The third-order valence-corrected chi connectivity index (χ3v) is 4.03. The van der Waals surface area contributed by atoms with Gasteiger partial charge in [0.15, 0.2) is 5.65 Å². The van der Waals surface area contributed by atoms with Crippen molar-refractivity contribution >= 4 is 22.9 Å². The highest BCUT2D eigenvalue weighted by molar-refractivity contribution is 6.05. The summed E-state index contributed by atoms with van der Waals surface area (Å²) in [7, 11) is 0. The van der Waals surface area contributed by atoms with Crippen LogP contribution in [0.1, 0.15) is 25.1 Å². The van der Waals surface area contributed by atoms with Gasteiger partial charge in [-0.2, -0.15) is 4.98 Å². The Morgan fingerprint density at radius 3 is 2.82 bits per heavy atom. The van der Waals surface area contributed by atoms with Crippen molar-refractivity contribution in [1.29, 1.82) is 5.41 Å². The summed E-state index contributed by atoms with van der Waals surface area (Å²) >= 11 is 0. The first kappa shape index (κ1) is 14.7. The highest BCUT2D eigenvalue weighted by Gasteiger charge is 2.26. The molecular formula is C14H21N7O. The molecule has 3 rings (SSSR count). The van der Waals surface area contributed by atoms with E-state index in [1.807, 2.05) is 4.57 Å². The van der Waals surface area contributed by atoms with Gasteiger partial charge in [-0.05, 0) is 12.5 Å². The maximum atomic E-state index is 7.80. The van der Waals surface area contributed by atoms with Gasteiger partial charge in [-0.25, -0.2) is 4.98 Å². The number of nitrogens with zero attached hydrogens (tertiary/aromatic N) is 4. The van der Waals surface area contributed by atoms with Crippen LogP contribution in [0, 0.1) is 5.41 Å². The Bertz CT molecular complexity index is 690. The Kier molecular flexibility index (Phi) is 3.95. The fraction of sp³-hybridized carbons (Fsp3) is 0.500. The number of nitrogens with one attached hydrogen (secondary N) is 1. The van der Waals surface area contributed by atoms with Gasteiger partial charge in [0, 0.05) is 24.8 Å². The van der Waals surface area contributed by atoms with Gasteiger partial charge in [0.1, 0.15) is 11.4 Å². The van der Waals surface area contributed by atoms with Crippen molar-refractivity contribution < 1.29 is 4.74 Å². The Morgan fingerprint density at radius 2 is 2.18 bits per heavy atom. The van der Waals surface area contributed by atoms with E-state index >= 15 is 0 Å². The van der Waals surface area contributed by atoms with Crippen LogP contribution in [0.2, 0.25) is 0 Å². The second-order valence-electron chi connectivity index (χ2n) is 5.32. The second-order valence-corrected chi connectivity index (χ2v) is 5.32. The lowest BCUT2D eigenvalue weighted by Gasteiger charge is -2.35. The van der Waals surface area contributed by atoms with Crippen LogP contribution < -0.4 is 11.5 Å². The molecule has 0 aromatic carbocycles. The summed E-state index contributed by atoms with van der Waals surface area (Å²) in [5.74, 6) is 0.389. The first-order valence-corrected chi connectivity index (χ1v) is 7.42. The van der Waals surface area contributed by atoms with E-state index in [4.69, 9.17) is 21.6 Å². The van der Waals surface area contributed by atoms with Crippen molar-refractivity contribution in [2.45, 2.75) is 19.5 Å². The molecule has 2 aromatic heterocycles. The number of amidine groups is 1. The van der Waals surface area contributed by atoms with Gasteiger partial charge >= 0.3 is 0 Å². The molecule has 1 saturated heterocycles. The lowest BCUT2D eigenvalue weighted by molar-refractivity contribution is -0.00104. The largest absolute Gasteiger partial charge is 0.384 e. The number of hydrogen-bond donors (Lipinski definition) is 3. The number of ether oxygens (including phenoxy) is 1. The van der Waals surface area contributed by atoms with Gasteiger partial charge in [-0.1, -0.05) is 6.92 Å². The lowest BCUT2D eigenvalue weighted by atomic mass is 10.2. The summed E-state index contributed by atoms with van der Waals surface area (Å²) in [5.41, 5.74) is 13.7. The smallest absolute Gasteiger partial charge is 0.204 e. The molecule has 5 N–H and O–H groups in total. The summed E-state index contributed by atoms with van der Waals surface area (Å²) in [5, 5.41) is 7.80. The molecule has 8 nitrogen and oxygen atoms in total. The van der Waals surface area contributed by atoms with E-state index in [0.717, 1.165) is 25.0 Å². The van der Waals surface area contributed by atoms with Crippen LogP contribution in [0.4, 0.5) is 5.95 Å². The van der Waals surface area contributed by atoms with Crippen LogP contribution in [0.15, 0.2) is 12.3 Å². The topological polar surface area (TPSA) is 119 Å². The number of morpholine rings is 1. The Labute approximate surface area is 128 Å².